The summed E-state index contributed by atoms with van der Waals surface area (Å²) in [6.07, 6.45) is 0.553. The van der Waals surface area contributed by atoms with Gasteiger partial charge < -0.3 is 9.88 Å². The lowest BCUT2D eigenvalue weighted by Crippen LogP contribution is -2.16. The van der Waals surface area contributed by atoms with Crippen molar-refractivity contribution in [1.82, 2.24) is 9.88 Å². The van der Waals surface area contributed by atoms with E-state index in [1.165, 1.54) is 0 Å². The average Bonchev–Trinajstić information content (AvgIpc) is 2.94. The lowest BCUT2D eigenvalue weighted by Gasteiger charge is -2.11. The Morgan fingerprint density at radius 1 is 1.44 bits per heavy atom. The van der Waals surface area contributed by atoms with Crippen LogP contribution in [0, 0.1) is 17.2 Å². The van der Waals surface area contributed by atoms with E-state index < -0.39 is 0 Å². The molecule has 1 aromatic carbocycles. The van der Waals surface area contributed by atoms with Crippen LogP contribution in [0.4, 0.5) is 0 Å². The van der Waals surface area contributed by atoms with E-state index in [0.717, 1.165) is 17.4 Å². The maximum Gasteiger partial charge on any atom is 0.220 e. The first-order valence-corrected chi connectivity index (χ1v) is 6.03. The lowest BCUT2D eigenvalue weighted by atomic mass is 10.1. The Balaban J connectivity index is 2.00. The van der Waals surface area contributed by atoms with Gasteiger partial charge in [0.2, 0.25) is 5.91 Å². The van der Waals surface area contributed by atoms with Crippen molar-refractivity contribution in [3.8, 4) is 6.07 Å². The molecule has 0 aliphatic carbocycles. The van der Waals surface area contributed by atoms with Gasteiger partial charge in [0.1, 0.15) is 11.8 Å². The number of aromatic nitrogens is 1. The SMILES string of the molecule is N#Cc1cc2ccccc2n1CC1CNC(=O)C1. The first-order chi connectivity index (χ1) is 8.78. The van der Waals surface area contributed by atoms with Gasteiger partial charge in [-0.05, 0) is 12.1 Å². The van der Waals surface area contributed by atoms with Crippen molar-refractivity contribution in [1.29, 1.82) is 5.26 Å². The van der Waals surface area contributed by atoms with Crippen LogP contribution in [0.5, 0.6) is 0 Å². The molecule has 0 spiro atoms. The molecule has 2 aromatic rings. The smallest absolute Gasteiger partial charge is 0.220 e. The second-order valence-corrected chi connectivity index (χ2v) is 4.69. The summed E-state index contributed by atoms with van der Waals surface area (Å²) >= 11 is 0. The number of benzene rings is 1. The predicted octanol–water partition coefficient (Wildman–Crippen LogP) is 1.65. The Morgan fingerprint density at radius 3 is 3.00 bits per heavy atom. The number of para-hydroxylation sites is 1. The normalized spacial score (nSPS) is 18.8. The average molecular weight is 239 g/mol. The largest absolute Gasteiger partial charge is 0.356 e. The molecular weight excluding hydrogens is 226 g/mol. The third kappa shape index (κ3) is 1.74. The number of fused-ring (bicyclic) bond motifs is 1. The molecule has 18 heavy (non-hydrogen) atoms. The number of nitriles is 1. The molecule has 90 valence electrons. The van der Waals surface area contributed by atoms with Crippen molar-refractivity contribution >= 4 is 16.8 Å². The molecule has 0 saturated carbocycles. The van der Waals surface area contributed by atoms with Crippen LogP contribution in [-0.4, -0.2) is 17.0 Å². The van der Waals surface area contributed by atoms with Gasteiger partial charge in [-0.15, -0.1) is 0 Å². The molecule has 1 fully saturated rings. The summed E-state index contributed by atoms with van der Waals surface area (Å²) in [6.45, 7) is 1.42. The molecule has 3 rings (SSSR count). The highest BCUT2D eigenvalue weighted by Gasteiger charge is 2.23. The van der Waals surface area contributed by atoms with Gasteiger partial charge in [-0.1, -0.05) is 18.2 Å². The molecule has 1 aliphatic rings. The molecule has 1 unspecified atom stereocenters. The number of hydrogen-bond acceptors (Lipinski definition) is 2. The van der Waals surface area contributed by atoms with Crippen LogP contribution in [0.15, 0.2) is 30.3 Å². The highest BCUT2D eigenvalue weighted by Crippen LogP contribution is 2.22. The van der Waals surface area contributed by atoms with E-state index in [9.17, 15) is 10.1 Å². The fourth-order valence-electron chi connectivity index (χ4n) is 2.55. The second-order valence-electron chi connectivity index (χ2n) is 4.69. The van der Waals surface area contributed by atoms with Gasteiger partial charge in [0.15, 0.2) is 0 Å². The van der Waals surface area contributed by atoms with Gasteiger partial charge in [-0.3, -0.25) is 4.79 Å². The van der Waals surface area contributed by atoms with E-state index in [4.69, 9.17) is 0 Å². The van der Waals surface area contributed by atoms with Gasteiger partial charge >= 0.3 is 0 Å². The first kappa shape index (κ1) is 10.8. The molecule has 0 radical (unpaired) electrons. The van der Waals surface area contributed by atoms with E-state index in [0.29, 0.717) is 18.7 Å². The molecule has 1 amide bonds. The Kier molecular flexibility index (Phi) is 2.52. The van der Waals surface area contributed by atoms with E-state index in [1.807, 2.05) is 34.9 Å². The van der Waals surface area contributed by atoms with Crippen molar-refractivity contribution in [2.45, 2.75) is 13.0 Å². The summed E-state index contributed by atoms with van der Waals surface area (Å²) in [5, 5.41) is 13.1. The number of nitrogens with one attached hydrogen (secondary N) is 1. The minimum Gasteiger partial charge on any atom is -0.356 e. The molecule has 1 saturated heterocycles. The monoisotopic (exact) mass is 239 g/mol. The molecule has 4 nitrogen and oxygen atoms in total. The minimum absolute atomic E-state index is 0.106. The number of rotatable bonds is 2. The Morgan fingerprint density at radius 2 is 2.28 bits per heavy atom. The van der Waals surface area contributed by atoms with Crippen LogP contribution < -0.4 is 5.32 Å². The summed E-state index contributed by atoms with van der Waals surface area (Å²) in [5.74, 6) is 0.385. The molecule has 1 N–H and O–H groups in total. The van der Waals surface area contributed by atoms with Gasteiger partial charge in [-0.2, -0.15) is 5.26 Å². The number of amides is 1. The van der Waals surface area contributed by atoms with Crippen LogP contribution in [0.3, 0.4) is 0 Å². The Bertz CT molecular complexity index is 651. The van der Waals surface area contributed by atoms with E-state index in [2.05, 4.69) is 11.4 Å². The van der Waals surface area contributed by atoms with Crippen LogP contribution in [-0.2, 0) is 11.3 Å². The van der Waals surface area contributed by atoms with Gasteiger partial charge in [-0.25, -0.2) is 0 Å². The summed E-state index contributed by atoms with van der Waals surface area (Å²) in [5.41, 5.74) is 1.73. The molecular formula is C14H13N3O. The molecule has 1 aromatic heterocycles. The van der Waals surface area contributed by atoms with Crippen molar-refractivity contribution < 1.29 is 4.79 Å². The fraction of sp³-hybridized carbons (Fsp3) is 0.286. The Labute approximate surface area is 105 Å². The topological polar surface area (TPSA) is 57.8 Å². The highest BCUT2D eigenvalue weighted by atomic mass is 16.1. The van der Waals surface area contributed by atoms with E-state index >= 15 is 0 Å². The first-order valence-electron chi connectivity index (χ1n) is 6.03. The van der Waals surface area contributed by atoms with Gasteiger partial charge in [0.25, 0.3) is 0 Å². The molecule has 4 heteroatoms. The zero-order valence-corrected chi connectivity index (χ0v) is 9.89. The molecule has 1 aliphatic heterocycles. The maximum atomic E-state index is 11.2. The van der Waals surface area contributed by atoms with Crippen molar-refractivity contribution in [2.75, 3.05) is 6.54 Å². The third-order valence-electron chi connectivity index (χ3n) is 3.43. The quantitative estimate of drug-likeness (QED) is 0.866. The minimum atomic E-state index is 0.106. The number of hydrogen-bond donors (Lipinski definition) is 1. The summed E-state index contributed by atoms with van der Waals surface area (Å²) in [4.78, 5) is 11.2. The highest BCUT2D eigenvalue weighted by molar-refractivity contribution is 5.82. The zero-order chi connectivity index (χ0) is 12.5. The summed E-state index contributed by atoms with van der Waals surface area (Å²) < 4.78 is 2.01. The Hall–Kier alpha value is -2.28. The lowest BCUT2D eigenvalue weighted by molar-refractivity contribution is -0.119. The third-order valence-corrected chi connectivity index (χ3v) is 3.43. The standard InChI is InChI=1S/C14H13N3O/c15-7-12-6-11-3-1-2-4-13(11)17(12)9-10-5-14(18)16-8-10/h1-4,6,10H,5,8-9H2,(H,16,18). The number of nitrogens with zero attached hydrogens (tertiary/aromatic N) is 2. The predicted molar refractivity (Wildman–Crippen MR) is 67.8 cm³/mol. The van der Waals surface area contributed by atoms with Gasteiger partial charge in [0, 0.05) is 36.3 Å². The zero-order valence-electron chi connectivity index (χ0n) is 9.89. The molecule has 2 heterocycles. The summed E-state index contributed by atoms with van der Waals surface area (Å²) in [7, 11) is 0. The van der Waals surface area contributed by atoms with Crippen LogP contribution in [0.25, 0.3) is 10.9 Å². The van der Waals surface area contributed by atoms with Crippen LogP contribution >= 0.6 is 0 Å². The number of carbonyl (C=O) groups is 1. The van der Waals surface area contributed by atoms with Crippen LogP contribution in [0.2, 0.25) is 0 Å². The molecule has 0 bridgehead atoms. The van der Waals surface area contributed by atoms with Crippen molar-refractivity contribution in [3.05, 3.63) is 36.0 Å². The molecule has 1 atom stereocenters. The maximum absolute atomic E-state index is 11.2. The number of carbonyl (C=O) groups excluding carboxylic acids is 1. The van der Waals surface area contributed by atoms with Gasteiger partial charge in [0.05, 0.1) is 0 Å². The van der Waals surface area contributed by atoms with Crippen molar-refractivity contribution in [3.63, 3.8) is 0 Å². The summed E-state index contributed by atoms with van der Waals surface area (Å²) in [6, 6.07) is 12.1. The fourth-order valence-corrected chi connectivity index (χ4v) is 2.55. The van der Waals surface area contributed by atoms with E-state index in [-0.39, 0.29) is 11.8 Å². The van der Waals surface area contributed by atoms with Crippen LogP contribution in [0.1, 0.15) is 12.1 Å². The van der Waals surface area contributed by atoms with E-state index in [1.54, 1.807) is 0 Å². The second kappa shape index (κ2) is 4.19. The van der Waals surface area contributed by atoms with Crippen molar-refractivity contribution in [2.24, 2.45) is 5.92 Å².